The standard InChI is InChI=1S/C29H28N4O3/c1-31(2)23-12-9-20(10-13-23)28-25-8-5-15-32(25)24-7-4-3-6-21(24)19-33(28)29(34)30-22-11-14-26-27(18-22)36-17-16-35-26/h3-15,18,28H,16-17,19H2,1-2H3,(H,30,34). The van der Waals surface area contributed by atoms with E-state index in [1.165, 1.54) is 0 Å². The molecule has 2 aliphatic rings. The number of anilines is 2. The first-order valence-corrected chi connectivity index (χ1v) is 12.1. The predicted octanol–water partition coefficient (Wildman–Crippen LogP) is 5.45. The Kier molecular flexibility index (Phi) is 5.52. The molecule has 2 amide bonds. The normalized spacial score (nSPS) is 15.9. The van der Waals surface area contributed by atoms with Crippen LogP contribution in [0.1, 0.15) is 22.9 Å². The first-order chi connectivity index (χ1) is 17.6. The van der Waals surface area contributed by atoms with Crippen molar-refractivity contribution in [1.29, 1.82) is 0 Å². The van der Waals surface area contributed by atoms with Gasteiger partial charge in [0.05, 0.1) is 18.3 Å². The molecule has 2 aliphatic heterocycles. The Labute approximate surface area is 210 Å². The van der Waals surface area contributed by atoms with Crippen LogP contribution in [0.5, 0.6) is 11.5 Å². The largest absolute Gasteiger partial charge is 0.486 e. The maximum Gasteiger partial charge on any atom is 0.322 e. The molecule has 1 N–H and O–H groups in total. The zero-order valence-corrected chi connectivity index (χ0v) is 20.3. The van der Waals surface area contributed by atoms with Gasteiger partial charge < -0.3 is 29.2 Å². The van der Waals surface area contributed by atoms with Gasteiger partial charge in [-0.1, -0.05) is 30.3 Å². The van der Waals surface area contributed by atoms with Crippen molar-refractivity contribution in [3.8, 4) is 17.2 Å². The molecule has 7 heteroatoms. The number of aromatic nitrogens is 1. The lowest BCUT2D eigenvalue weighted by atomic mass is 10.0. The third-order valence-electron chi connectivity index (χ3n) is 6.74. The minimum absolute atomic E-state index is 0.183. The van der Waals surface area contributed by atoms with Crippen LogP contribution in [0.4, 0.5) is 16.2 Å². The zero-order chi connectivity index (χ0) is 24.6. The number of amides is 2. The molecule has 0 fully saturated rings. The number of rotatable bonds is 3. The van der Waals surface area contributed by atoms with Crippen molar-refractivity contribution in [3.63, 3.8) is 0 Å². The molecule has 3 heterocycles. The van der Waals surface area contributed by atoms with Crippen molar-refractivity contribution < 1.29 is 14.3 Å². The summed E-state index contributed by atoms with van der Waals surface area (Å²) in [6.07, 6.45) is 2.07. The Morgan fingerprint density at radius 3 is 2.50 bits per heavy atom. The molecule has 4 aromatic rings. The Morgan fingerprint density at radius 1 is 0.917 bits per heavy atom. The molecule has 0 bridgehead atoms. The molecule has 1 aromatic heterocycles. The van der Waals surface area contributed by atoms with Gasteiger partial charge in [-0.05, 0) is 53.6 Å². The Hall–Kier alpha value is -4.39. The summed E-state index contributed by atoms with van der Waals surface area (Å²) in [5.41, 5.74) is 6.03. The van der Waals surface area contributed by atoms with Crippen LogP contribution in [-0.4, -0.2) is 42.8 Å². The molecule has 6 rings (SSSR count). The number of carbonyl (C=O) groups excluding carboxylic acids is 1. The summed E-state index contributed by atoms with van der Waals surface area (Å²) in [4.78, 5) is 17.9. The lowest BCUT2D eigenvalue weighted by Gasteiger charge is -2.31. The number of hydrogen-bond donors (Lipinski definition) is 1. The van der Waals surface area contributed by atoms with Gasteiger partial charge in [-0.25, -0.2) is 4.79 Å². The first-order valence-electron chi connectivity index (χ1n) is 12.1. The molecule has 3 aromatic carbocycles. The van der Waals surface area contributed by atoms with Crippen LogP contribution < -0.4 is 19.7 Å². The van der Waals surface area contributed by atoms with Crippen molar-refractivity contribution in [2.75, 3.05) is 37.5 Å². The van der Waals surface area contributed by atoms with E-state index >= 15 is 0 Å². The van der Waals surface area contributed by atoms with E-state index in [0.717, 1.165) is 28.2 Å². The lowest BCUT2D eigenvalue weighted by Crippen LogP contribution is -2.38. The smallest absolute Gasteiger partial charge is 0.322 e. The Balaban J connectivity index is 1.41. The molecule has 7 nitrogen and oxygen atoms in total. The number of hydrogen-bond acceptors (Lipinski definition) is 4. The second kappa shape index (κ2) is 9.00. The SMILES string of the molecule is CN(C)c1ccc(C2c3cccn3-c3ccccc3CN2C(=O)Nc2ccc3c(c2)OCCO3)cc1. The highest BCUT2D eigenvalue weighted by atomic mass is 16.6. The third kappa shape index (κ3) is 3.92. The van der Waals surface area contributed by atoms with Gasteiger partial charge in [0.1, 0.15) is 13.2 Å². The van der Waals surface area contributed by atoms with E-state index in [2.05, 4.69) is 63.4 Å². The van der Waals surface area contributed by atoms with Crippen LogP contribution in [-0.2, 0) is 6.54 Å². The predicted molar refractivity (Wildman–Crippen MR) is 140 cm³/mol. The molecule has 1 atom stereocenters. The van der Waals surface area contributed by atoms with Crippen molar-refractivity contribution in [3.05, 3.63) is 102 Å². The molecule has 0 saturated carbocycles. The fourth-order valence-corrected chi connectivity index (χ4v) is 4.96. The second-order valence-electron chi connectivity index (χ2n) is 9.24. The van der Waals surface area contributed by atoms with Crippen molar-refractivity contribution in [1.82, 2.24) is 9.47 Å². The number of ether oxygens (including phenoxy) is 2. The fraction of sp³-hybridized carbons (Fsp3) is 0.207. The van der Waals surface area contributed by atoms with E-state index in [-0.39, 0.29) is 12.1 Å². The number of carbonyl (C=O) groups is 1. The summed E-state index contributed by atoms with van der Waals surface area (Å²) >= 11 is 0. The quantitative estimate of drug-likeness (QED) is 0.424. The van der Waals surface area contributed by atoms with Crippen molar-refractivity contribution in [2.24, 2.45) is 0 Å². The number of nitrogens with one attached hydrogen (secondary N) is 1. The zero-order valence-electron chi connectivity index (χ0n) is 20.3. The van der Waals surface area contributed by atoms with Gasteiger partial charge in [0, 0.05) is 43.4 Å². The van der Waals surface area contributed by atoms with Gasteiger partial charge in [0.25, 0.3) is 0 Å². The van der Waals surface area contributed by atoms with Gasteiger partial charge in [-0.3, -0.25) is 0 Å². The fourth-order valence-electron chi connectivity index (χ4n) is 4.96. The average molecular weight is 481 g/mol. The van der Waals surface area contributed by atoms with Gasteiger partial charge in [0.2, 0.25) is 0 Å². The molecule has 182 valence electrons. The Morgan fingerprint density at radius 2 is 1.69 bits per heavy atom. The molecule has 0 radical (unpaired) electrons. The molecule has 36 heavy (non-hydrogen) atoms. The minimum atomic E-state index is -0.277. The van der Waals surface area contributed by atoms with E-state index in [9.17, 15) is 4.79 Å². The van der Waals surface area contributed by atoms with E-state index < -0.39 is 0 Å². The van der Waals surface area contributed by atoms with Crippen LogP contribution >= 0.6 is 0 Å². The van der Waals surface area contributed by atoms with Crippen LogP contribution in [0.15, 0.2) is 85.1 Å². The highest BCUT2D eigenvalue weighted by Crippen LogP contribution is 2.38. The van der Waals surface area contributed by atoms with E-state index in [1.807, 2.05) is 55.4 Å². The molecular weight excluding hydrogens is 452 g/mol. The molecule has 0 spiro atoms. The van der Waals surface area contributed by atoms with Gasteiger partial charge in [0.15, 0.2) is 11.5 Å². The minimum Gasteiger partial charge on any atom is -0.486 e. The molecule has 0 aliphatic carbocycles. The van der Waals surface area contributed by atoms with E-state index in [4.69, 9.17) is 9.47 Å². The van der Waals surface area contributed by atoms with Gasteiger partial charge in [-0.15, -0.1) is 0 Å². The van der Waals surface area contributed by atoms with Crippen molar-refractivity contribution in [2.45, 2.75) is 12.6 Å². The summed E-state index contributed by atoms with van der Waals surface area (Å²) in [7, 11) is 4.05. The number of nitrogens with zero attached hydrogens (tertiary/aromatic N) is 3. The van der Waals surface area contributed by atoms with Gasteiger partial charge >= 0.3 is 6.03 Å². The summed E-state index contributed by atoms with van der Waals surface area (Å²) < 4.78 is 13.5. The first kappa shape index (κ1) is 22.1. The lowest BCUT2D eigenvalue weighted by molar-refractivity contribution is 0.171. The van der Waals surface area contributed by atoms with E-state index in [0.29, 0.717) is 36.9 Å². The number of benzene rings is 3. The summed E-state index contributed by atoms with van der Waals surface area (Å²) in [5.74, 6) is 1.34. The summed E-state index contributed by atoms with van der Waals surface area (Å²) in [6.45, 7) is 1.49. The molecular formula is C29H28N4O3. The second-order valence-corrected chi connectivity index (χ2v) is 9.24. The van der Waals surface area contributed by atoms with Crippen LogP contribution in [0.25, 0.3) is 5.69 Å². The average Bonchev–Trinajstić information content (AvgIpc) is 3.33. The summed E-state index contributed by atoms with van der Waals surface area (Å²) in [5, 5.41) is 3.11. The molecule has 0 saturated heterocycles. The highest BCUT2D eigenvalue weighted by Gasteiger charge is 2.33. The van der Waals surface area contributed by atoms with E-state index in [1.54, 1.807) is 0 Å². The summed E-state index contributed by atoms with van der Waals surface area (Å²) in [6, 6.07) is 25.8. The molecule has 1 unspecified atom stereocenters. The maximum absolute atomic E-state index is 13.9. The number of para-hydroxylation sites is 1. The maximum atomic E-state index is 13.9. The van der Waals surface area contributed by atoms with Crippen LogP contribution in [0, 0.1) is 0 Å². The van der Waals surface area contributed by atoms with Crippen LogP contribution in [0.3, 0.4) is 0 Å². The third-order valence-corrected chi connectivity index (χ3v) is 6.74. The monoisotopic (exact) mass is 480 g/mol. The number of urea groups is 1. The number of fused-ring (bicyclic) bond motifs is 4. The topological polar surface area (TPSA) is 59.0 Å². The van der Waals surface area contributed by atoms with Gasteiger partial charge in [-0.2, -0.15) is 0 Å². The highest BCUT2D eigenvalue weighted by molar-refractivity contribution is 5.90. The van der Waals surface area contributed by atoms with Crippen molar-refractivity contribution >= 4 is 17.4 Å². The van der Waals surface area contributed by atoms with Crippen LogP contribution in [0.2, 0.25) is 0 Å². The Bertz CT molecular complexity index is 1410.